The Hall–Kier alpha value is -3.03. The van der Waals surface area contributed by atoms with Gasteiger partial charge in [-0.1, -0.05) is 12.1 Å². The summed E-state index contributed by atoms with van der Waals surface area (Å²) in [4.78, 5) is 14.4. The quantitative estimate of drug-likeness (QED) is 0.769. The fourth-order valence-electron chi connectivity index (χ4n) is 3.21. The second kappa shape index (κ2) is 6.70. The number of nitrogens with zero attached hydrogens (tertiary/aromatic N) is 5. The van der Waals surface area contributed by atoms with Crippen LogP contribution in [0.5, 0.6) is 0 Å². The smallest absolute Gasteiger partial charge is 0.224 e. The Morgan fingerprint density at radius 1 is 1.23 bits per heavy atom. The molecule has 134 valence electrons. The molecule has 1 saturated heterocycles. The molecule has 26 heavy (non-hydrogen) atoms. The average Bonchev–Trinajstić information content (AvgIpc) is 3.24. The minimum Gasteiger partial charge on any atom is -0.353 e. The maximum atomic E-state index is 12.9. The second-order valence-electron chi connectivity index (χ2n) is 6.51. The van der Waals surface area contributed by atoms with Crippen molar-refractivity contribution in [3.8, 4) is 0 Å². The van der Waals surface area contributed by atoms with Gasteiger partial charge in [0, 0.05) is 19.1 Å². The summed E-state index contributed by atoms with van der Waals surface area (Å²) in [5.41, 5.74) is 1.52. The number of carbonyl (C=O) groups is 1. The molecule has 1 aromatic carbocycles. The highest BCUT2D eigenvalue weighted by Gasteiger charge is 2.25. The predicted octanol–water partition coefficient (Wildman–Crippen LogP) is 1.51. The fraction of sp³-hybridized carbons (Fsp3) is 0.333. The molecule has 7 nitrogen and oxygen atoms in total. The maximum Gasteiger partial charge on any atom is 0.224 e. The van der Waals surface area contributed by atoms with Crippen LogP contribution in [-0.4, -0.2) is 44.8 Å². The van der Waals surface area contributed by atoms with Crippen molar-refractivity contribution in [2.45, 2.75) is 25.8 Å². The van der Waals surface area contributed by atoms with Crippen LogP contribution in [0.25, 0.3) is 5.65 Å². The monoisotopic (exact) mass is 354 g/mol. The molecular formula is C18H19FN6O. The van der Waals surface area contributed by atoms with Crippen molar-refractivity contribution in [1.82, 2.24) is 25.1 Å². The number of aryl methyl sites for hydroxylation is 1. The number of nitrogens with one attached hydrogen (secondary N) is 1. The molecule has 8 heteroatoms. The first-order valence-electron chi connectivity index (χ1n) is 8.56. The predicted molar refractivity (Wildman–Crippen MR) is 94.4 cm³/mol. The molecule has 1 aliphatic rings. The Labute approximate surface area is 149 Å². The lowest BCUT2D eigenvalue weighted by Crippen LogP contribution is -2.38. The van der Waals surface area contributed by atoms with Gasteiger partial charge in [0.25, 0.3) is 0 Å². The van der Waals surface area contributed by atoms with Crippen molar-refractivity contribution in [2.24, 2.45) is 0 Å². The highest BCUT2D eigenvalue weighted by Crippen LogP contribution is 2.18. The van der Waals surface area contributed by atoms with Crippen molar-refractivity contribution in [3.05, 3.63) is 53.6 Å². The Kier molecular flexibility index (Phi) is 4.24. The average molecular weight is 354 g/mol. The van der Waals surface area contributed by atoms with Crippen LogP contribution in [0, 0.1) is 12.7 Å². The van der Waals surface area contributed by atoms with E-state index in [0.717, 1.165) is 35.8 Å². The summed E-state index contributed by atoms with van der Waals surface area (Å²) >= 11 is 0. The van der Waals surface area contributed by atoms with Crippen molar-refractivity contribution >= 4 is 17.4 Å². The van der Waals surface area contributed by atoms with Crippen molar-refractivity contribution < 1.29 is 9.18 Å². The third-order valence-corrected chi connectivity index (χ3v) is 4.56. The minimum atomic E-state index is -0.298. The fourth-order valence-corrected chi connectivity index (χ4v) is 3.21. The van der Waals surface area contributed by atoms with Crippen LogP contribution in [0.15, 0.2) is 36.4 Å². The van der Waals surface area contributed by atoms with Gasteiger partial charge in [-0.15, -0.1) is 15.3 Å². The summed E-state index contributed by atoms with van der Waals surface area (Å²) in [6.07, 6.45) is 1.11. The molecule has 3 aromatic rings. The summed E-state index contributed by atoms with van der Waals surface area (Å²) < 4.78 is 14.7. The van der Waals surface area contributed by atoms with Crippen LogP contribution in [0.4, 0.5) is 10.2 Å². The first-order valence-corrected chi connectivity index (χ1v) is 8.56. The molecule has 1 amide bonds. The first-order chi connectivity index (χ1) is 12.6. The Balaban J connectivity index is 1.37. The number of carbonyl (C=O) groups excluding carboxylic acids is 1. The third-order valence-electron chi connectivity index (χ3n) is 4.56. The van der Waals surface area contributed by atoms with Crippen molar-refractivity contribution in [1.29, 1.82) is 0 Å². The van der Waals surface area contributed by atoms with Gasteiger partial charge in [-0.25, -0.2) is 4.39 Å². The number of benzene rings is 1. The molecule has 0 bridgehead atoms. The number of aromatic nitrogens is 4. The van der Waals surface area contributed by atoms with Gasteiger partial charge in [-0.3, -0.25) is 4.79 Å². The largest absolute Gasteiger partial charge is 0.353 e. The lowest BCUT2D eigenvalue weighted by atomic mass is 10.1. The van der Waals surface area contributed by atoms with Gasteiger partial charge in [-0.2, -0.15) is 4.52 Å². The molecule has 0 spiro atoms. The van der Waals surface area contributed by atoms with E-state index in [1.165, 1.54) is 12.1 Å². The Bertz CT molecular complexity index is 939. The topological polar surface area (TPSA) is 75.4 Å². The third kappa shape index (κ3) is 3.35. The molecule has 1 N–H and O–H groups in total. The van der Waals surface area contributed by atoms with Crippen LogP contribution in [-0.2, 0) is 11.2 Å². The number of fused-ring (bicyclic) bond motifs is 1. The van der Waals surface area contributed by atoms with E-state index in [1.54, 1.807) is 16.6 Å². The van der Waals surface area contributed by atoms with Gasteiger partial charge in [-0.05, 0) is 43.2 Å². The number of halogens is 1. The number of hydrogen-bond acceptors (Lipinski definition) is 5. The van der Waals surface area contributed by atoms with E-state index in [4.69, 9.17) is 0 Å². The standard InChI is InChI=1S/C18H19FN6O/c1-12-21-22-16-6-7-17(23-25(12)16)24-9-8-15(11-24)20-18(26)10-13-2-4-14(19)5-3-13/h2-7,15H,8-11H2,1H3,(H,20,26). The zero-order valence-corrected chi connectivity index (χ0v) is 14.4. The van der Waals surface area contributed by atoms with Crippen molar-refractivity contribution in [2.75, 3.05) is 18.0 Å². The first kappa shape index (κ1) is 16.4. The van der Waals surface area contributed by atoms with Gasteiger partial charge in [0.05, 0.1) is 6.42 Å². The number of anilines is 1. The molecular weight excluding hydrogens is 335 g/mol. The summed E-state index contributed by atoms with van der Waals surface area (Å²) in [6.45, 7) is 3.38. The van der Waals surface area contributed by atoms with Gasteiger partial charge in [0.1, 0.15) is 11.6 Å². The van der Waals surface area contributed by atoms with Gasteiger partial charge in [0.15, 0.2) is 11.5 Å². The zero-order chi connectivity index (χ0) is 18.1. The molecule has 1 fully saturated rings. The molecule has 0 saturated carbocycles. The van der Waals surface area contributed by atoms with Crippen molar-refractivity contribution in [3.63, 3.8) is 0 Å². The molecule has 0 aliphatic carbocycles. The molecule has 3 heterocycles. The molecule has 1 aliphatic heterocycles. The van der Waals surface area contributed by atoms with Crippen LogP contribution < -0.4 is 10.2 Å². The van der Waals surface area contributed by atoms with Gasteiger partial charge < -0.3 is 10.2 Å². The van der Waals surface area contributed by atoms with Crippen LogP contribution >= 0.6 is 0 Å². The summed E-state index contributed by atoms with van der Waals surface area (Å²) in [6, 6.07) is 9.90. The molecule has 0 radical (unpaired) electrons. The van der Waals surface area contributed by atoms with Crippen LogP contribution in [0.1, 0.15) is 17.8 Å². The van der Waals surface area contributed by atoms with E-state index in [1.807, 2.05) is 19.1 Å². The summed E-state index contributed by atoms with van der Waals surface area (Å²) in [5.74, 6) is 1.23. The minimum absolute atomic E-state index is 0.0541. The van der Waals surface area contributed by atoms with Crippen LogP contribution in [0.2, 0.25) is 0 Å². The van der Waals surface area contributed by atoms with Crippen LogP contribution in [0.3, 0.4) is 0 Å². The van der Waals surface area contributed by atoms with E-state index >= 15 is 0 Å². The second-order valence-corrected chi connectivity index (χ2v) is 6.51. The Morgan fingerprint density at radius 3 is 2.85 bits per heavy atom. The zero-order valence-electron chi connectivity index (χ0n) is 14.4. The molecule has 1 atom stereocenters. The maximum absolute atomic E-state index is 12.9. The van der Waals surface area contributed by atoms with E-state index in [2.05, 4.69) is 25.5 Å². The summed E-state index contributed by atoms with van der Waals surface area (Å²) in [7, 11) is 0. The highest BCUT2D eigenvalue weighted by atomic mass is 19.1. The van der Waals surface area contributed by atoms with Gasteiger partial charge in [0.2, 0.25) is 5.91 Å². The van der Waals surface area contributed by atoms with Gasteiger partial charge >= 0.3 is 0 Å². The highest BCUT2D eigenvalue weighted by molar-refractivity contribution is 5.79. The lowest BCUT2D eigenvalue weighted by Gasteiger charge is -2.18. The number of amides is 1. The van der Waals surface area contributed by atoms with E-state index in [-0.39, 0.29) is 24.2 Å². The number of hydrogen-bond donors (Lipinski definition) is 1. The Morgan fingerprint density at radius 2 is 2.04 bits per heavy atom. The number of rotatable bonds is 4. The summed E-state index contributed by atoms with van der Waals surface area (Å²) in [5, 5.41) is 15.7. The molecule has 1 unspecified atom stereocenters. The van der Waals surface area contributed by atoms with E-state index < -0.39 is 0 Å². The van der Waals surface area contributed by atoms with E-state index in [0.29, 0.717) is 6.54 Å². The normalized spacial score (nSPS) is 17.0. The molecule has 2 aromatic heterocycles. The molecule has 4 rings (SSSR count). The lowest BCUT2D eigenvalue weighted by molar-refractivity contribution is -0.121. The van der Waals surface area contributed by atoms with E-state index in [9.17, 15) is 9.18 Å². The SMILES string of the molecule is Cc1nnc2ccc(N3CCC(NC(=O)Cc4ccc(F)cc4)C3)nn12.